The van der Waals surface area contributed by atoms with Crippen LogP contribution in [0.25, 0.3) is 0 Å². The minimum absolute atomic E-state index is 0.0810. The summed E-state index contributed by atoms with van der Waals surface area (Å²) < 4.78 is 0. The number of hydrogen-bond acceptors (Lipinski definition) is 3. The molecular formula is C13H17NO2S. The second kappa shape index (κ2) is 7.12. The molecule has 0 bridgehead atoms. The fourth-order valence-corrected chi connectivity index (χ4v) is 2.19. The highest BCUT2D eigenvalue weighted by molar-refractivity contribution is 7.99. The molecule has 17 heavy (non-hydrogen) atoms. The Morgan fingerprint density at radius 2 is 1.88 bits per heavy atom. The lowest BCUT2D eigenvalue weighted by Crippen LogP contribution is -2.17. The van der Waals surface area contributed by atoms with Crippen LogP contribution in [0.1, 0.15) is 30.1 Å². The lowest BCUT2D eigenvalue weighted by atomic mass is 10.2. The van der Waals surface area contributed by atoms with Crippen molar-refractivity contribution in [2.24, 2.45) is 0 Å². The molecule has 0 atom stereocenters. The molecule has 1 amide bonds. The van der Waals surface area contributed by atoms with Crippen LogP contribution in [0.15, 0.2) is 29.2 Å². The Kier molecular flexibility index (Phi) is 5.77. The minimum atomic E-state index is 0.0810. The minimum Gasteiger partial charge on any atom is -0.359 e. The van der Waals surface area contributed by atoms with Crippen LogP contribution in [0.2, 0.25) is 0 Å². The summed E-state index contributed by atoms with van der Waals surface area (Å²) in [4.78, 5) is 23.2. The van der Waals surface area contributed by atoms with E-state index in [4.69, 9.17) is 0 Å². The van der Waals surface area contributed by atoms with Gasteiger partial charge in [0.1, 0.15) is 0 Å². The van der Waals surface area contributed by atoms with Gasteiger partial charge in [-0.2, -0.15) is 0 Å². The Balaban J connectivity index is 2.32. The maximum atomic E-state index is 11.1. The van der Waals surface area contributed by atoms with Crippen LogP contribution >= 0.6 is 11.8 Å². The Bertz CT molecular complexity index is 387. The van der Waals surface area contributed by atoms with Crippen molar-refractivity contribution < 1.29 is 9.59 Å². The summed E-state index contributed by atoms with van der Waals surface area (Å²) in [6.07, 6.45) is 1.42. The maximum Gasteiger partial charge on any atom is 0.219 e. The molecule has 0 fully saturated rings. The lowest BCUT2D eigenvalue weighted by Gasteiger charge is -2.02. The first kappa shape index (κ1) is 13.8. The van der Waals surface area contributed by atoms with E-state index in [0.29, 0.717) is 6.42 Å². The van der Waals surface area contributed by atoms with Gasteiger partial charge >= 0.3 is 0 Å². The number of ketones is 1. The predicted molar refractivity (Wildman–Crippen MR) is 70.5 cm³/mol. The number of rotatable bonds is 6. The lowest BCUT2D eigenvalue weighted by molar-refractivity contribution is -0.120. The van der Waals surface area contributed by atoms with Crippen LogP contribution in [-0.4, -0.2) is 24.5 Å². The molecule has 1 rings (SSSR count). The van der Waals surface area contributed by atoms with Crippen molar-refractivity contribution >= 4 is 23.5 Å². The molecule has 0 saturated heterocycles. The number of carbonyl (C=O) groups is 2. The summed E-state index contributed by atoms with van der Waals surface area (Å²) in [6, 6.07) is 7.56. The van der Waals surface area contributed by atoms with Gasteiger partial charge in [-0.3, -0.25) is 9.59 Å². The third-order valence-electron chi connectivity index (χ3n) is 2.36. The van der Waals surface area contributed by atoms with E-state index >= 15 is 0 Å². The SMILES string of the molecule is CNC(=O)CCCSc1ccc(C(C)=O)cc1. The van der Waals surface area contributed by atoms with Crippen LogP contribution in [-0.2, 0) is 4.79 Å². The van der Waals surface area contributed by atoms with E-state index in [-0.39, 0.29) is 11.7 Å². The van der Waals surface area contributed by atoms with Crippen molar-refractivity contribution in [2.45, 2.75) is 24.7 Å². The molecule has 92 valence electrons. The summed E-state index contributed by atoms with van der Waals surface area (Å²) in [5, 5.41) is 2.60. The van der Waals surface area contributed by atoms with Gasteiger partial charge in [-0.25, -0.2) is 0 Å². The molecule has 0 spiro atoms. The van der Waals surface area contributed by atoms with Crippen LogP contribution in [0.3, 0.4) is 0 Å². The molecule has 0 radical (unpaired) electrons. The first-order valence-corrected chi connectivity index (χ1v) is 6.56. The monoisotopic (exact) mass is 251 g/mol. The highest BCUT2D eigenvalue weighted by Gasteiger charge is 2.01. The Labute approximate surface area is 106 Å². The zero-order valence-corrected chi connectivity index (χ0v) is 11.0. The Morgan fingerprint density at radius 1 is 1.24 bits per heavy atom. The van der Waals surface area contributed by atoms with Gasteiger partial charge in [-0.1, -0.05) is 12.1 Å². The van der Waals surface area contributed by atoms with Gasteiger partial charge in [0.2, 0.25) is 5.91 Å². The summed E-state index contributed by atoms with van der Waals surface area (Å²) >= 11 is 1.70. The molecule has 0 unspecified atom stereocenters. The van der Waals surface area contributed by atoms with E-state index in [1.54, 1.807) is 25.7 Å². The number of nitrogens with one attached hydrogen (secondary N) is 1. The highest BCUT2D eigenvalue weighted by Crippen LogP contribution is 2.19. The molecule has 0 heterocycles. The number of Topliss-reactive ketones (excluding diaryl/α,β-unsaturated/α-hetero) is 1. The summed E-state index contributed by atoms with van der Waals surface area (Å²) in [5.41, 5.74) is 0.736. The Morgan fingerprint density at radius 3 is 2.41 bits per heavy atom. The normalized spacial score (nSPS) is 10.0. The molecule has 1 aromatic rings. The zero-order chi connectivity index (χ0) is 12.7. The van der Waals surface area contributed by atoms with Crippen molar-refractivity contribution in [1.82, 2.24) is 5.32 Å². The molecule has 0 aromatic heterocycles. The number of hydrogen-bond donors (Lipinski definition) is 1. The van der Waals surface area contributed by atoms with Gasteiger partial charge in [-0.15, -0.1) is 11.8 Å². The van der Waals surface area contributed by atoms with Crippen molar-refractivity contribution in [2.75, 3.05) is 12.8 Å². The van der Waals surface area contributed by atoms with Crippen molar-refractivity contribution in [3.63, 3.8) is 0 Å². The maximum absolute atomic E-state index is 11.1. The molecule has 0 aliphatic carbocycles. The summed E-state index contributed by atoms with van der Waals surface area (Å²) in [5.74, 6) is 1.08. The highest BCUT2D eigenvalue weighted by atomic mass is 32.2. The van der Waals surface area contributed by atoms with Gasteiger partial charge < -0.3 is 5.32 Å². The Hall–Kier alpha value is -1.29. The van der Waals surface area contributed by atoms with Crippen LogP contribution < -0.4 is 5.32 Å². The molecular weight excluding hydrogens is 234 g/mol. The van der Waals surface area contributed by atoms with E-state index in [1.807, 2.05) is 24.3 Å². The van der Waals surface area contributed by atoms with Gasteiger partial charge in [0.15, 0.2) is 5.78 Å². The third-order valence-corrected chi connectivity index (χ3v) is 3.45. The van der Waals surface area contributed by atoms with E-state index in [2.05, 4.69) is 5.32 Å². The van der Waals surface area contributed by atoms with Crippen molar-refractivity contribution in [3.05, 3.63) is 29.8 Å². The van der Waals surface area contributed by atoms with Gasteiger partial charge in [0.05, 0.1) is 0 Å². The standard InChI is InChI=1S/C13H17NO2S/c1-10(15)11-5-7-12(8-6-11)17-9-3-4-13(16)14-2/h5-8H,3-4,9H2,1-2H3,(H,14,16). The van der Waals surface area contributed by atoms with Gasteiger partial charge in [0.25, 0.3) is 0 Å². The molecule has 3 nitrogen and oxygen atoms in total. The average molecular weight is 251 g/mol. The first-order valence-electron chi connectivity index (χ1n) is 5.58. The molecule has 0 saturated carbocycles. The first-order chi connectivity index (χ1) is 8.13. The number of thioether (sulfide) groups is 1. The summed E-state index contributed by atoms with van der Waals surface area (Å²) in [7, 11) is 1.65. The predicted octanol–water partition coefficient (Wildman–Crippen LogP) is 2.51. The van der Waals surface area contributed by atoms with Crippen molar-refractivity contribution in [1.29, 1.82) is 0 Å². The largest absolute Gasteiger partial charge is 0.359 e. The molecule has 1 N–H and O–H groups in total. The van der Waals surface area contributed by atoms with Gasteiger partial charge in [-0.05, 0) is 31.2 Å². The van der Waals surface area contributed by atoms with Crippen molar-refractivity contribution in [3.8, 4) is 0 Å². The quantitative estimate of drug-likeness (QED) is 0.480. The average Bonchev–Trinajstić information content (AvgIpc) is 2.34. The molecule has 0 aliphatic rings. The van der Waals surface area contributed by atoms with Gasteiger partial charge in [0, 0.05) is 23.9 Å². The number of benzene rings is 1. The van der Waals surface area contributed by atoms with E-state index in [9.17, 15) is 9.59 Å². The number of carbonyl (C=O) groups excluding carboxylic acids is 2. The summed E-state index contributed by atoms with van der Waals surface area (Å²) in [6.45, 7) is 1.56. The van der Waals surface area contributed by atoms with E-state index in [1.165, 1.54) is 0 Å². The van der Waals surface area contributed by atoms with E-state index in [0.717, 1.165) is 22.6 Å². The van der Waals surface area contributed by atoms with Crippen LogP contribution in [0, 0.1) is 0 Å². The number of amides is 1. The topological polar surface area (TPSA) is 46.2 Å². The van der Waals surface area contributed by atoms with Crippen LogP contribution in [0.4, 0.5) is 0 Å². The smallest absolute Gasteiger partial charge is 0.219 e. The third kappa shape index (κ3) is 5.04. The van der Waals surface area contributed by atoms with Crippen LogP contribution in [0.5, 0.6) is 0 Å². The molecule has 0 aliphatic heterocycles. The second-order valence-electron chi connectivity index (χ2n) is 3.71. The fraction of sp³-hybridized carbons (Fsp3) is 0.385. The van der Waals surface area contributed by atoms with E-state index < -0.39 is 0 Å². The second-order valence-corrected chi connectivity index (χ2v) is 4.87. The fourth-order valence-electron chi connectivity index (χ4n) is 1.33. The molecule has 1 aromatic carbocycles. The molecule has 4 heteroatoms. The zero-order valence-electron chi connectivity index (χ0n) is 10.2.